The van der Waals surface area contributed by atoms with Crippen molar-refractivity contribution >= 4 is 11.8 Å². The molecule has 0 fully saturated rings. The molecule has 1 aromatic carbocycles. The fourth-order valence-corrected chi connectivity index (χ4v) is 1.72. The summed E-state index contributed by atoms with van der Waals surface area (Å²) < 4.78 is 20.3. The van der Waals surface area contributed by atoms with E-state index >= 15 is 0 Å². The van der Waals surface area contributed by atoms with Gasteiger partial charge in [0.25, 0.3) is 0 Å². The van der Waals surface area contributed by atoms with Crippen LogP contribution in [0.4, 0.5) is 4.39 Å². The molecular weight excluding hydrogens is 303 g/mol. The number of carboxylic acids is 1. The predicted molar refractivity (Wildman–Crippen MR) is 80.4 cm³/mol. The van der Waals surface area contributed by atoms with Gasteiger partial charge in [-0.15, -0.1) is 0 Å². The number of hydrogen-bond donors (Lipinski definition) is 1. The van der Waals surface area contributed by atoms with Gasteiger partial charge in [-0.3, -0.25) is 4.79 Å². The molecule has 0 atom stereocenters. The first-order valence-corrected chi connectivity index (χ1v) is 6.94. The highest BCUT2D eigenvalue weighted by Gasteiger charge is 2.23. The molecule has 0 aliphatic rings. The summed E-state index contributed by atoms with van der Waals surface area (Å²) in [6, 6.07) is 6.91. The summed E-state index contributed by atoms with van der Waals surface area (Å²) in [5, 5.41) is 12.9. The number of nitrogens with zero attached hydrogens (tertiary/aromatic N) is 2. The lowest BCUT2D eigenvalue weighted by molar-refractivity contribution is -0.128. The van der Waals surface area contributed by atoms with Crippen molar-refractivity contribution in [2.45, 2.75) is 20.8 Å². The van der Waals surface area contributed by atoms with Gasteiger partial charge in [0, 0.05) is 11.5 Å². The molecule has 0 saturated carbocycles. The van der Waals surface area contributed by atoms with E-state index in [9.17, 15) is 14.0 Å². The summed E-state index contributed by atoms with van der Waals surface area (Å²) in [7, 11) is 0. The van der Waals surface area contributed by atoms with E-state index in [1.165, 1.54) is 18.2 Å². The van der Waals surface area contributed by atoms with E-state index in [1.54, 1.807) is 26.8 Å². The fourth-order valence-electron chi connectivity index (χ4n) is 1.72. The molecule has 0 saturated heterocycles. The molecule has 122 valence electrons. The monoisotopic (exact) mass is 320 g/mol. The Kier molecular flexibility index (Phi) is 4.49. The maximum atomic E-state index is 13.9. The number of aromatic carboxylic acids is 1. The average Bonchev–Trinajstić information content (AvgIpc) is 2.88. The molecule has 0 bridgehead atoms. The number of halogens is 1. The van der Waals surface area contributed by atoms with E-state index in [-0.39, 0.29) is 29.7 Å². The molecule has 23 heavy (non-hydrogen) atoms. The van der Waals surface area contributed by atoms with Gasteiger partial charge < -0.3 is 9.84 Å². The number of para-hydroxylation sites is 1. The van der Waals surface area contributed by atoms with Crippen LogP contribution in [0.5, 0.6) is 5.88 Å². The summed E-state index contributed by atoms with van der Waals surface area (Å²) in [5.74, 6) is -2.03. The fraction of sp³-hybridized carbons (Fsp3) is 0.312. The Morgan fingerprint density at radius 1 is 1.30 bits per heavy atom. The molecule has 0 aliphatic heterocycles. The van der Waals surface area contributed by atoms with E-state index < -0.39 is 17.2 Å². The number of Topliss-reactive ketones (excluding diaryl/α,β-unsaturated/α-hetero) is 1. The molecule has 6 nitrogen and oxygen atoms in total. The molecule has 0 spiro atoms. The number of ether oxygens (including phenoxy) is 1. The summed E-state index contributed by atoms with van der Waals surface area (Å²) in [5.41, 5.74) is -0.858. The van der Waals surface area contributed by atoms with Crippen LogP contribution in [-0.2, 0) is 4.79 Å². The minimum Gasteiger partial charge on any atom is -0.476 e. The zero-order chi connectivity index (χ0) is 17.2. The van der Waals surface area contributed by atoms with Crippen LogP contribution in [0.25, 0.3) is 5.69 Å². The molecule has 0 radical (unpaired) electrons. The summed E-state index contributed by atoms with van der Waals surface area (Å²) >= 11 is 0. The van der Waals surface area contributed by atoms with Gasteiger partial charge in [-0.05, 0) is 12.1 Å². The Morgan fingerprint density at radius 2 is 1.96 bits per heavy atom. The van der Waals surface area contributed by atoms with E-state index in [4.69, 9.17) is 9.84 Å². The Balaban J connectivity index is 2.37. The Labute approximate surface area is 132 Å². The van der Waals surface area contributed by atoms with Crippen molar-refractivity contribution in [3.63, 3.8) is 0 Å². The number of rotatable bonds is 5. The normalized spacial score (nSPS) is 11.3. The van der Waals surface area contributed by atoms with Crippen molar-refractivity contribution in [2.75, 3.05) is 6.61 Å². The van der Waals surface area contributed by atoms with Gasteiger partial charge in [-0.2, -0.15) is 9.78 Å². The zero-order valence-electron chi connectivity index (χ0n) is 13.0. The second-order valence-corrected chi connectivity index (χ2v) is 6.00. The molecule has 0 unspecified atom stereocenters. The summed E-state index contributed by atoms with van der Waals surface area (Å²) in [4.78, 5) is 23.0. The number of carboxylic acid groups (broad SMARTS) is 1. The van der Waals surface area contributed by atoms with Crippen LogP contribution in [0.3, 0.4) is 0 Å². The van der Waals surface area contributed by atoms with Gasteiger partial charge in [-0.1, -0.05) is 32.9 Å². The Hall–Kier alpha value is -2.70. The lowest BCUT2D eigenvalue weighted by atomic mass is 9.91. The van der Waals surface area contributed by atoms with E-state index in [2.05, 4.69) is 5.10 Å². The van der Waals surface area contributed by atoms with Gasteiger partial charge in [-0.25, -0.2) is 9.18 Å². The van der Waals surface area contributed by atoms with Crippen LogP contribution in [0.15, 0.2) is 30.3 Å². The van der Waals surface area contributed by atoms with Crippen LogP contribution in [-0.4, -0.2) is 33.2 Å². The average molecular weight is 320 g/mol. The topological polar surface area (TPSA) is 81.4 Å². The molecule has 2 aromatic rings. The lowest BCUT2D eigenvalue weighted by Crippen LogP contribution is -2.26. The second kappa shape index (κ2) is 6.20. The molecular formula is C16H17FN2O4. The van der Waals surface area contributed by atoms with Crippen molar-refractivity contribution in [2.24, 2.45) is 5.41 Å². The first-order valence-electron chi connectivity index (χ1n) is 6.94. The van der Waals surface area contributed by atoms with Crippen LogP contribution in [0, 0.1) is 11.2 Å². The minimum absolute atomic E-state index is 0.00917. The summed E-state index contributed by atoms with van der Waals surface area (Å²) in [6.07, 6.45) is 0. The van der Waals surface area contributed by atoms with Crippen LogP contribution >= 0.6 is 0 Å². The van der Waals surface area contributed by atoms with Crippen molar-refractivity contribution in [1.82, 2.24) is 9.78 Å². The lowest BCUT2D eigenvalue weighted by Gasteiger charge is -2.17. The minimum atomic E-state index is -1.27. The van der Waals surface area contributed by atoms with Crippen molar-refractivity contribution in [1.29, 1.82) is 0 Å². The van der Waals surface area contributed by atoms with Crippen LogP contribution in [0.1, 0.15) is 31.3 Å². The van der Waals surface area contributed by atoms with Gasteiger partial charge in [0.05, 0.1) is 0 Å². The molecule has 1 N–H and O–H groups in total. The number of carbonyl (C=O) groups excluding carboxylic acids is 1. The van der Waals surface area contributed by atoms with Crippen LogP contribution < -0.4 is 4.74 Å². The highest BCUT2D eigenvalue weighted by Crippen LogP contribution is 2.23. The Morgan fingerprint density at radius 3 is 2.52 bits per heavy atom. The highest BCUT2D eigenvalue weighted by molar-refractivity contribution is 5.86. The highest BCUT2D eigenvalue weighted by atomic mass is 19.1. The molecule has 7 heteroatoms. The molecule has 0 amide bonds. The van der Waals surface area contributed by atoms with E-state index in [0.29, 0.717) is 0 Å². The molecule has 1 heterocycles. The number of carbonyl (C=O) groups is 2. The smallest absolute Gasteiger partial charge is 0.356 e. The van der Waals surface area contributed by atoms with E-state index in [0.717, 1.165) is 10.7 Å². The zero-order valence-corrected chi connectivity index (χ0v) is 13.0. The quantitative estimate of drug-likeness (QED) is 0.916. The molecule has 1 aromatic heterocycles. The van der Waals surface area contributed by atoms with Gasteiger partial charge >= 0.3 is 5.97 Å². The van der Waals surface area contributed by atoms with Gasteiger partial charge in [0.2, 0.25) is 5.88 Å². The Bertz CT molecular complexity index is 747. The maximum absolute atomic E-state index is 13.9. The molecule has 0 aliphatic carbocycles. The van der Waals surface area contributed by atoms with Crippen LogP contribution in [0.2, 0.25) is 0 Å². The van der Waals surface area contributed by atoms with E-state index in [1.807, 2.05) is 0 Å². The number of ketones is 1. The number of hydrogen-bond acceptors (Lipinski definition) is 4. The first-order chi connectivity index (χ1) is 10.7. The number of aromatic nitrogens is 2. The molecule has 2 rings (SSSR count). The third-order valence-electron chi connectivity index (χ3n) is 3.16. The second-order valence-electron chi connectivity index (χ2n) is 6.00. The SMILES string of the molecule is CC(C)(C)C(=O)COc1cc(C(=O)O)nn1-c1ccccc1F. The largest absolute Gasteiger partial charge is 0.476 e. The van der Waals surface area contributed by atoms with Crippen molar-refractivity contribution in [3.8, 4) is 11.6 Å². The summed E-state index contributed by atoms with van der Waals surface area (Å²) in [6.45, 7) is 4.98. The van der Waals surface area contributed by atoms with Gasteiger partial charge in [0.15, 0.2) is 11.5 Å². The van der Waals surface area contributed by atoms with Crippen molar-refractivity contribution in [3.05, 3.63) is 41.8 Å². The van der Waals surface area contributed by atoms with Gasteiger partial charge in [0.1, 0.15) is 18.1 Å². The maximum Gasteiger partial charge on any atom is 0.356 e. The third-order valence-corrected chi connectivity index (χ3v) is 3.16. The standard InChI is InChI=1S/C16H17FN2O4/c1-16(2,3)13(20)9-23-14-8-11(15(21)22)18-19(14)12-7-5-4-6-10(12)17/h4-8H,9H2,1-3H3,(H,21,22). The third kappa shape index (κ3) is 3.74. The van der Waals surface area contributed by atoms with Crippen molar-refractivity contribution < 1.29 is 23.8 Å². The number of benzene rings is 1. The first kappa shape index (κ1) is 16.7. The predicted octanol–water partition coefficient (Wildman–Crippen LogP) is 2.70.